The number of hydrogen-bond donors (Lipinski definition) is 0. The van der Waals surface area contributed by atoms with Crippen LogP contribution in [0.5, 0.6) is 0 Å². The fourth-order valence-electron chi connectivity index (χ4n) is 3.58. The van der Waals surface area contributed by atoms with E-state index < -0.39 is 0 Å². The molecular formula is C18H24N4O. The number of nitrogens with zero attached hydrogens (tertiary/aromatic N) is 4. The summed E-state index contributed by atoms with van der Waals surface area (Å²) in [5, 5.41) is 0. The molecule has 1 aromatic carbocycles. The zero-order chi connectivity index (χ0) is 15.6. The summed E-state index contributed by atoms with van der Waals surface area (Å²) in [6.07, 6.45) is 3.63. The quantitative estimate of drug-likeness (QED) is 0.868. The second-order valence-electron chi connectivity index (χ2n) is 6.66. The Hall–Kier alpha value is -1.88. The SMILES string of the molecule is CN(CC1CCOC1)c1nc2ccccc2nc1N1CCCC1. The highest BCUT2D eigenvalue weighted by molar-refractivity contribution is 5.80. The minimum atomic E-state index is 0.597. The average molecular weight is 312 g/mol. The second kappa shape index (κ2) is 6.32. The molecule has 3 heterocycles. The van der Waals surface area contributed by atoms with Crippen molar-refractivity contribution in [3.8, 4) is 0 Å². The van der Waals surface area contributed by atoms with E-state index in [1.54, 1.807) is 0 Å². The van der Waals surface area contributed by atoms with Crippen LogP contribution >= 0.6 is 0 Å². The third-order valence-electron chi connectivity index (χ3n) is 4.86. The van der Waals surface area contributed by atoms with Crippen LogP contribution in [0.2, 0.25) is 0 Å². The minimum absolute atomic E-state index is 0.597. The Balaban J connectivity index is 1.70. The van der Waals surface area contributed by atoms with Gasteiger partial charge in [0.2, 0.25) is 0 Å². The molecule has 2 aliphatic heterocycles. The van der Waals surface area contributed by atoms with Gasteiger partial charge >= 0.3 is 0 Å². The molecule has 4 rings (SSSR count). The van der Waals surface area contributed by atoms with Crippen LogP contribution in [0.3, 0.4) is 0 Å². The number of ether oxygens (including phenoxy) is 1. The van der Waals surface area contributed by atoms with E-state index in [0.717, 1.165) is 61.9 Å². The lowest BCUT2D eigenvalue weighted by Crippen LogP contribution is -2.30. The van der Waals surface area contributed by atoms with Crippen LogP contribution in [0.15, 0.2) is 24.3 Å². The largest absolute Gasteiger partial charge is 0.381 e. The molecule has 0 spiro atoms. The maximum atomic E-state index is 5.52. The van der Waals surface area contributed by atoms with Gasteiger partial charge in [-0.15, -0.1) is 0 Å². The van der Waals surface area contributed by atoms with Gasteiger partial charge in [0.15, 0.2) is 11.6 Å². The van der Waals surface area contributed by atoms with Crippen molar-refractivity contribution >= 4 is 22.7 Å². The van der Waals surface area contributed by atoms with Gasteiger partial charge in [-0.1, -0.05) is 12.1 Å². The lowest BCUT2D eigenvalue weighted by molar-refractivity contribution is 0.186. The number of hydrogen-bond acceptors (Lipinski definition) is 5. The topological polar surface area (TPSA) is 41.5 Å². The maximum absolute atomic E-state index is 5.52. The molecule has 23 heavy (non-hydrogen) atoms. The van der Waals surface area contributed by atoms with Gasteiger partial charge in [0.25, 0.3) is 0 Å². The summed E-state index contributed by atoms with van der Waals surface area (Å²) in [6, 6.07) is 8.16. The van der Waals surface area contributed by atoms with Crippen molar-refractivity contribution in [1.82, 2.24) is 9.97 Å². The Kier molecular flexibility index (Phi) is 4.04. The molecule has 0 saturated carbocycles. The van der Waals surface area contributed by atoms with Gasteiger partial charge in [-0.2, -0.15) is 0 Å². The zero-order valence-electron chi connectivity index (χ0n) is 13.7. The molecule has 122 valence electrons. The number of aromatic nitrogens is 2. The first-order valence-electron chi connectivity index (χ1n) is 8.62. The van der Waals surface area contributed by atoms with E-state index in [4.69, 9.17) is 14.7 Å². The third-order valence-corrected chi connectivity index (χ3v) is 4.86. The van der Waals surface area contributed by atoms with E-state index in [1.165, 1.54) is 12.8 Å². The normalized spacial score (nSPS) is 21.3. The minimum Gasteiger partial charge on any atom is -0.381 e. The van der Waals surface area contributed by atoms with Crippen molar-refractivity contribution < 1.29 is 4.74 Å². The van der Waals surface area contributed by atoms with Crippen molar-refractivity contribution in [1.29, 1.82) is 0 Å². The van der Waals surface area contributed by atoms with Gasteiger partial charge in [0, 0.05) is 39.2 Å². The highest BCUT2D eigenvalue weighted by atomic mass is 16.5. The molecule has 2 fully saturated rings. The molecule has 0 N–H and O–H groups in total. The van der Waals surface area contributed by atoms with Gasteiger partial charge in [-0.05, 0) is 31.4 Å². The zero-order valence-corrected chi connectivity index (χ0v) is 13.7. The van der Waals surface area contributed by atoms with E-state index >= 15 is 0 Å². The summed E-state index contributed by atoms with van der Waals surface area (Å²) >= 11 is 0. The van der Waals surface area contributed by atoms with Crippen LogP contribution in [-0.2, 0) is 4.74 Å². The molecule has 1 unspecified atom stereocenters. The molecule has 5 nitrogen and oxygen atoms in total. The monoisotopic (exact) mass is 312 g/mol. The predicted octanol–water partition coefficient (Wildman–Crippen LogP) is 2.70. The van der Waals surface area contributed by atoms with Crippen LogP contribution < -0.4 is 9.80 Å². The molecule has 0 amide bonds. The van der Waals surface area contributed by atoms with Crippen LogP contribution in [0, 0.1) is 5.92 Å². The molecule has 0 bridgehead atoms. The smallest absolute Gasteiger partial charge is 0.172 e. The molecular weight excluding hydrogens is 288 g/mol. The first-order chi connectivity index (χ1) is 11.3. The lowest BCUT2D eigenvalue weighted by Gasteiger charge is -2.27. The van der Waals surface area contributed by atoms with Gasteiger partial charge in [0.05, 0.1) is 17.6 Å². The Morgan fingerprint density at radius 1 is 1.17 bits per heavy atom. The van der Waals surface area contributed by atoms with Gasteiger partial charge in [0.1, 0.15) is 0 Å². The van der Waals surface area contributed by atoms with Gasteiger partial charge in [-0.25, -0.2) is 9.97 Å². The summed E-state index contributed by atoms with van der Waals surface area (Å²) in [7, 11) is 2.14. The van der Waals surface area contributed by atoms with E-state index in [-0.39, 0.29) is 0 Å². The van der Waals surface area contributed by atoms with Crippen LogP contribution in [0.25, 0.3) is 11.0 Å². The summed E-state index contributed by atoms with van der Waals surface area (Å²) in [6.45, 7) is 4.90. The van der Waals surface area contributed by atoms with E-state index in [1.807, 2.05) is 18.2 Å². The molecule has 1 atom stereocenters. The maximum Gasteiger partial charge on any atom is 0.172 e. The Labute approximate surface area is 137 Å². The standard InChI is InChI=1S/C18H24N4O/c1-21(12-14-8-11-23-13-14)17-18(22-9-4-5-10-22)20-16-7-3-2-6-15(16)19-17/h2-3,6-7,14H,4-5,8-13H2,1H3. The first-order valence-corrected chi connectivity index (χ1v) is 8.62. The van der Waals surface area contributed by atoms with Crippen LogP contribution in [0.4, 0.5) is 11.6 Å². The molecule has 5 heteroatoms. The Morgan fingerprint density at radius 2 is 1.91 bits per heavy atom. The lowest BCUT2D eigenvalue weighted by atomic mass is 10.1. The predicted molar refractivity (Wildman–Crippen MR) is 93.2 cm³/mol. The van der Waals surface area contributed by atoms with E-state index in [9.17, 15) is 0 Å². The second-order valence-corrected chi connectivity index (χ2v) is 6.66. The number of fused-ring (bicyclic) bond motifs is 1. The van der Waals surface area contributed by atoms with E-state index in [2.05, 4.69) is 22.9 Å². The summed E-state index contributed by atoms with van der Waals surface area (Å²) < 4.78 is 5.52. The summed E-state index contributed by atoms with van der Waals surface area (Å²) in [5.74, 6) is 2.65. The highest BCUT2D eigenvalue weighted by Crippen LogP contribution is 2.30. The molecule has 0 radical (unpaired) electrons. The Morgan fingerprint density at radius 3 is 2.61 bits per heavy atom. The fraction of sp³-hybridized carbons (Fsp3) is 0.556. The van der Waals surface area contributed by atoms with Crippen molar-refractivity contribution in [2.24, 2.45) is 5.92 Å². The number of rotatable bonds is 4. The molecule has 2 saturated heterocycles. The number of anilines is 2. The highest BCUT2D eigenvalue weighted by Gasteiger charge is 2.24. The molecule has 2 aliphatic rings. The van der Waals surface area contributed by atoms with E-state index in [0.29, 0.717) is 5.92 Å². The van der Waals surface area contributed by atoms with Crippen molar-refractivity contribution in [3.63, 3.8) is 0 Å². The molecule has 0 aliphatic carbocycles. The van der Waals surface area contributed by atoms with Gasteiger partial charge < -0.3 is 14.5 Å². The first kappa shape index (κ1) is 14.7. The Bertz CT molecular complexity index is 678. The molecule has 1 aromatic heterocycles. The van der Waals surface area contributed by atoms with Crippen molar-refractivity contribution in [2.75, 3.05) is 49.7 Å². The van der Waals surface area contributed by atoms with Gasteiger partial charge in [-0.3, -0.25) is 0 Å². The average Bonchev–Trinajstić information content (AvgIpc) is 3.27. The summed E-state index contributed by atoms with van der Waals surface area (Å²) in [5.41, 5.74) is 1.95. The number of benzene rings is 1. The van der Waals surface area contributed by atoms with Crippen molar-refractivity contribution in [2.45, 2.75) is 19.3 Å². The number of para-hydroxylation sites is 2. The fourth-order valence-corrected chi connectivity index (χ4v) is 3.58. The summed E-state index contributed by atoms with van der Waals surface area (Å²) in [4.78, 5) is 14.5. The van der Waals surface area contributed by atoms with Crippen molar-refractivity contribution in [3.05, 3.63) is 24.3 Å². The van der Waals surface area contributed by atoms with Crippen LogP contribution in [0.1, 0.15) is 19.3 Å². The molecule has 2 aromatic rings. The van der Waals surface area contributed by atoms with Crippen LogP contribution in [-0.4, -0.2) is 49.9 Å². The third kappa shape index (κ3) is 2.98.